The van der Waals surface area contributed by atoms with Crippen LogP contribution >= 0.6 is 0 Å². The van der Waals surface area contributed by atoms with Crippen LogP contribution < -0.4 is 0 Å². The molecule has 2 aliphatic carbocycles. The summed E-state index contributed by atoms with van der Waals surface area (Å²) in [4.78, 5) is 14.2. The van der Waals surface area contributed by atoms with Crippen molar-refractivity contribution in [3.63, 3.8) is 0 Å². The van der Waals surface area contributed by atoms with Crippen molar-refractivity contribution in [3.05, 3.63) is 5.82 Å². The van der Waals surface area contributed by atoms with Gasteiger partial charge in [0.25, 0.3) is 0 Å². The van der Waals surface area contributed by atoms with Gasteiger partial charge in [0.1, 0.15) is 0 Å². The molecule has 7 nitrogen and oxygen atoms in total. The third-order valence-corrected chi connectivity index (χ3v) is 6.68. The molecule has 3 atom stereocenters. The van der Waals surface area contributed by atoms with E-state index in [1.807, 2.05) is 4.68 Å². The van der Waals surface area contributed by atoms with Crippen LogP contribution in [-0.2, 0) is 4.79 Å². The quantitative estimate of drug-likeness (QED) is 0.911. The third-order valence-electron chi connectivity index (χ3n) is 6.68. The number of hydrogen-bond donors (Lipinski definition) is 1. The minimum absolute atomic E-state index is 0.0729. The first-order valence-electron chi connectivity index (χ1n) is 9.37. The molecule has 2 heterocycles. The van der Waals surface area contributed by atoms with Crippen LogP contribution in [-0.4, -0.2) is 49.3 Å². The van der Waals surface area contributed by atoms with Gasteiger partial charge in [0.15, 0.2) is 5.82 Å². The van der Waals surface area contributed by atoms with E-state index in [1.165, 1.54) is 19.3 Å². The minimum atomic E-state index is -0.619. The molecule has 0 bridgehead atoms. The van der Waals surface area contributed by atoms with Gasteiger partial charge in [-0.25, -0.2) is 4.68 Å². The second kappa shape index (κ2) is 6.10. The minimum Gasteiger partial charge on any atom is -0.481 e. The lowest BCUT2D eigenvalue weighted by molar-refractivity contribution is -0.149. The van der Waals surface area contributed by atoms with Gasteiger partial charge in [-0.05, 0) is 49.0 Å². The number of carboxylic acids is 1. The SMILES string of the molecule is CC(c1nnnn1C1CCCCC1)N1C[C@@H]2CCC[C@@]2(C(=O)O)C1. The Balaban J connectivity index is 1.54. The monoisotopic (exact) mass is 333 g/mol. The molecule has 3 aliphatic rings. The van der Waals surface area contributed by atoms with E-state index in [4.69, 9.17) is 0 Å². The van der Waals surface area contributed by atoms with Crippen molar-refractivity contribution in [2.75, 3.05) is 13.1 Å². The van der Waals surface area contributed by atoms with Gasteiger partial charge in [-0.3, -0.25) is 9.69 Å². The maximum atomic E-state index is 11.9. The van der Waals surface area contributed by atoms with Gasteiger partial charge < -0.3 is 5.11 Å². The van der Waals surface area contributed by atoms with Gasteiger partial charge in [-0.15, -0.1) is 5.10 Å². The molecule has 0 amide bonds. The lowest BCUT2D eigenvalue weighted by atomic mass is 9.81. The van der Waals surface area contributed by atoms with E-state index >= 15 is 0 Å². The Morgan fingerprint density at radius 2 is 2.04 bits per heavy atom. The summed E-state index contributed by atoms with van der Waals surface area (Å²) in [6.45, 7) is 3.61. The van der Waals surface area contributed by atoms with Crippen LogP contribution in [0.15, 0.2) is 0 Å². The average Bonchev–Trinajstić information content (AvgIpc) is 3.28. The lowest BCUT2D eigenvalue weighted by Gasteiger charge is -2.28. The Labute approximate surface area is 142 Å². The molecule has 1 aromatic heterocycles. The number of tetrazole rings is 1. The van der Waals surface area contributed by atoms with Crippen molar-refractivity contribution >= 4 is 5.97 Å². The molecule has 1 unspecified atom stereocenters. The molecular weight excluding hydrogens is 306 g/mol. The fraction of sp³-hybridized carbons (Fsp3) is 0.882. The molecule has 3 fully saturated rings. The highest BCUT2D eigenvalue weighted by molar-refractivity contribution is 5.76. The fourth-order valence-electron chi connectivity index (χ4n) is 5.20. The molecule has 4 rings (SSSR count). The summed E-state index contributed by atoms with van der Waals surface area (Å²) in [5.41, 5.74) is -0.544. The molecule has 1 N–H and O–H groups in total. The largest absolute Gasteiger partial charge is 0.481 e. The Hall–Kier alpha value is -1.50. The average molecular weight is 333 g/mol. The van der Waals surface area contributed by atoms with E-state index in [0.29, 0.717) is 12.6 Å². The van der Waals surface area contributed by atoms with Crippen molar-refractivity contribution in [2.45, 2.75) is 70.4 Å². The molecule has 0 aromatic carbocycles. The summed E-state index contributed by atoms with van der Waals surface area (Å²) in [5, 5.41) is 22.3. The maximum absolute atomic E-state index is 11.9. The summed E-state index contributed by atoms with van der Waals surface area (Å²) in [5.74, 6) is 0.561. The number of aromatic nitrogens is 4. The first-order chi connectivity index (χ1) is 11.6. The van der Waals surface area contributed by atoms with Crippen molar-refractivity contribution in [3.8, 4) is 0 Å². The van der Waals surface area contributed by atoms with Gasteiger partial charge in [-0.1, -0.05) is 25.7 Å². The normalized spacial score (nSPS) is 32.8. The number of carboxylic acid groups (broad SMARTS) is 1. The van der Waals surface area contributed by atoms with E-state index in [2.05, 4.69) is 27.3 Å². The van der Waals surface area contributed by atoms with Crippen molar-refractivity contribution in [1.82, 2.24) is 25.1 Å². The van der Waals surface area contributed by atoms with Gasteiger partial charge in [-0.2, -0.15) is 0 Å². The molecule has 7 heteroatoms. The zero-order chi connectivity index (χ0) is 16.7. The third kappa shape index (κ3) is 2.44. The number of hydrogen-bond acceptors (Lipinski definition) is 5. The van der Waals surface area contributed by atoms with Gasteiger partial charge in [0.2, 0.25) is 0 Å². The van der Waals surface area contributed by atoms with Crippen LogP contribution in [0.5, 0.6) is 0 Å². The summed E-state index contributed by atoms with van der Waals surface area (Å²) >= 11 is 0. The Kier molecular flexibility index (Phi) is 4.06. The highest BCUT2D eigenvalue weighted by atomic mass is 16.4. The van der Waals surface area contributed by atoms with Gasteiger partial charge in [0, 0.05) is 13.1 Å². The number of nitrogens with zero attached hydrogens (tertiary/aromatic N) is 5. The molecule has 1 aromatic rings. The highest BCUT2D eigenvalue weighted by Gasteiger charge is 2.55. The molecule has 0 spiro atoms. The summed E-state index contributed by atoms with van der Waals surface area (Å²) in [6, 6.07) is 0.477. The second-order valence-corrected chi connectivity index (χ2v) is 7.93. The number of rotatable bonds is 4. The molecule has 2 saturated carbocycles. The maximum Gasteiger partial charge on any atom is 0.311 e. The van der Waals surface area contributed by atoms with E-state index < -0.39 is 11.4 Å². The molecule has 0 radical (unpaired) electrons. The van der Waals surface area contributed by atoms with E-state index in [9.17, 15) is 9.90 Å². The molecule has 1 aliphatic heterocycles. The van der Waals surface area contributed by atoms with Crippen LogP contribution in [0.4, 0.5) is 0 Å². The first-order valence-corrected chi connectivity index (χ1v) is 9.37. The molecular formula is C17H27N5O2. The predicted octanol–water partition coefficient (Wildman–Crippen LogP) is 2.43. The van der Waals surface area contributed by atoms with E-state index in [1.54, 1.807) is 0 Å². The van der Waals surface area contributed by atoms with Crippen molar-refractivity contribution in [1.29, 1.82) is 0 Å². The zero-order valence-electron chi connectivity index (χ0n) is 14.4. The predicted molar refractivity (Wildman–Crippen MR) is 87.3 cm³/mol. The Bertz CT molecular complexity index is 612. The van der Waals surface area contributed by atoms with Crippen molar-refractivity contribution < 1.29 is 9.90 Å². The number of aliphatic carboxylic acids is 1. The van der Waals surface area contributed by atoms with Gasteiger partial charge >= 0.3 is 5.97 Å². The lowest BCUT2D eigenvalue weighted by Crippen LogP contribution is -2.36. The topological polar surface area (TPSA) is 84.1 Å². The number of likely N-dealkylation sites (tertiary alicyclic amines) is 1. The van der Waals surface area contributed by atoms with Crippen LogP contribution in [0.25, 0.3) is 0 Å². The van der Waals surface area contributed by atoms with Crippen LogP contribution in [0.3, 0.4) is 0 Å². The summed E-state index contributed by atoms with van der Waals surface area (Å²) < 4.78 is 2.02. The highest BCUT2D eigenvalue weighted by Crippen LogP contribution is 2.50. The summed E-state index contributed by atoms with van der Waals surface area (Å²) in [7, 11) is 0. The van der Waals surface area contributed by atoms with Gasteiger partial charge in [0.05, 0.1) is 17.5 Å². The standard InChI is InChI=1S/C17H27N5O2/c1-12(15-18-19-20-22(15)14-7-3-2-4-8-14)21-10-13-6-5-9-17(13,11-21)16(23)24/h12-14H,2-11H2,1H3,(H,23,24)/t12?,13-,17+/m0/s1. The van der Waals surface area contributed by atoms with Crippen molar-refractivity contribution in [2.24, 2.45) is 11.3 Å². The Morgan fingerprint density at radius 1 is 1.25 bits per heavy atom. The molecule has 24 heavy (non-hydrogen) atoms. The molecule has 1 saturated heterocycles. The fourth-order valence-corrected chi connectivity index (χ4v) is 5.20. The molecule has 132 valence electrons. The number of fused-ring (bicyclic) bond motifs is 1. The first kappa shape index (κ1) is 16.0. The smallest absolute Gasteiger partial charge is 0.311 e. The van der Waals surface area contributed by atoms with E-state index in [-0.39, 0.29) is 12.0 Å². The van der Waals surface area contributed by atoms with E-state index in [0.717, 1.165) is 44.5 Å². The zero-order valence-corrected chi connectivity index (χ0v) is 14.4. The van der Waals surface area contributed by atoms with Crippen LogP contribution in [0.2, 0.25) is 0 Å². The Morgan fingerprint density at radius 3 is 2.75 bits per heavy atom. The summed E-state index contributed by atoms with van der Waals surface area (Å²) in [6.07, 6.45) is 8.96. The van der Waals surface area contributed by atoms with Crippen LogP contribution in [0.1, 0.15) is 76.2 Å². The van der Waals surface area contributed by atoms with Crippen LogP contribution in [0, 0.1) is 11.3 Å². The second-order valence-electron chi connectivity index (χ2n) is 7.93. The number of carbonyl (C=O) groups is 1.